The van der Waals surface area contributed by atoms with Crippen molar-refractivity contribution in [2.45, 2.75) is 32.1 Å². The summed E-state index contributed by atoms with van der Waals surface area (Å²) in [5.41, 5.74) is 0.113. The van der Waals surface area contributed by atoms with Crippen molar-refractivity contribution < 1.29 is 14.9 Å². The summed E-state index contributed by atoms with van der Waals surface area (Å²) in [5.74, 6) is -0.237. The molecule has 0 bridgehead atoms. The Kier molecular flexibility index (Phi) is 2.98. The molecule has 1 aromatic heterocycles. The van der Waals surface area contributed by atoms with Gasteiger partial charge in [-0.2, -0.15) is 0 Å². The highest BCUT2D eigenvalue weighted by atomic mass is 16.5. The summed E-state index contributed by atoms with van der Waals surface area (Å²) in [7, 11) is 0. The molecule has 2 atom stereocenters. The van der Waals surface area contributed by atoms with Crippen molar-refractivity contribution in [1.82, 2.24) is 4.57 Å². The first-order chi connectivity index (χ1) is 7.63. The minimum Gasteiger partial charge on any atom is -0.503 e. The molecule has 0 radical (unpaired) electrons. The number of rotatable bonds is 2. The number of nitrogens with zero attached hydrogens (tertiary/aromatic N) is 1. The molecule has 1 aromatic rings. The predicted molar refractivity (Wildman–Crippen MR) is 57.3 cm³/mol. The van der Waals surface area contributed by atoms with Gasteiger partial charge >= 0.3 is 0 Å². The quantitative estimate of drug-likeness (QED) is 0.770. The number of ether oxygens (including phenoxy) is 1. The molecule has 0 amide bonds. The van der Waals surface area contributed by atoms with Crippen molar-refractivity contribution in [2.24, 2.45) is 0 Å². The topological polar surface area (TPSA) is 71.7 Å². The highest BCUT2D eigenvalue weighted by Crippen LogP contribution is 2.29. The Morgan fingerprint density at radius 2 is 2.31 bits per heavy atom. The third-order valence-corrected chi connectivity index (χ3v) is 2.95. The van der Waals surface area contributed by atoms with E-state index in [2.05, 4.69) is 0 Å². The fourth-order valence-electron chi connectivity index (χ4n) is 1.98. The first-order valence-electron chi connectivity index (χ1n) is 5.30. The van der Waals surface area contributed by atoms with Gasteiger partial charge in [-0.15, -0.1) is 0 Å². The van der Waals surface area contributed by atoms with E-state index in [-0.39, 0.29) is 30.1 Å². The van der Waals surface area contributed by atoms with Gasteiger partial charge in [-0.1, -0.05) is 0 Å². The second-order valence-electron chi connectivity index (χ2n) is 3.99. The van der Waals surface area contributed by atoms with Crippen molar-refractivity contribution >= 4 is 0 Å². The Bertz CT molecular complexity index is 440. The highest BCUT2D eigenvalue weighted by molar-refractivity contribution is 5.25. The maximum Gasteiger partial charge on any atom is 0.223 e. The first kappa shape index (κ1) is 11.2. The van der Waals surface area contributed by atoms with E-state index in [1.165, 1.54) is 6.07 Å². The Hall–Kier alpha value is -1.33. The van der Waals surface area contributed by atoms with Gasteiger partial charge in [0.25, 0.3) is 0 Å². The summed E-state index contributed by atoms with van der Waals surface area (Å²) in [6.45, 7) is 1.67. The van der Waals surface area contributed by atoms with Crippen LogP contribution in [0.3, 0.4) is 0 Å². The van der Waals surface area contributed by atoms with E-state index >= 15 is 0 Å². The predicted octanol–water partition coefficient (Wildman–Crippen LogP) is 0.532. The van der Waals surface area contributed by atoms with Gasteiger partial charge in [-0.25, -0.2) is 0 Å². The molecule has 0 aliphatic carbocycles. The molecule has 0 unspecified atom stereocenters. The summed E-state index contributed by atoms with van der Waals surface area (Å²) >= 11 is 0. The van der Waals surface area contributed by atoms with Gasteiger partial charge in [-0.05, 0) is 19.8 Å². The molecule has 5 nitrogen and oxygen atoms in total. The highest BCUT2D eigenvalue weighted by Gasteiger charge is 2.26. The molecule has 2 rings (SSSR count). The lowest BCUT2D eigenvalue weighted by Gasteiger charge is -2.19. The van der Waals surface area contributed by atoms with Crippen LogP contribution in [0.2, 0.25) is 0 Å². The number of pyridine rings is 1. The number of hydrogen-bond acceptors (Lipinski definition) is 4. The lowest BCUT2D eigenvalue weighted by atomic mass is 10.2. The molecule has 2 N–H and O–H groups in total. The van der Waals surface area contributed by atoms with Gasteiger partial charge in [0, 0.05) is 12.3 Å². The van der Waals surface area contributed by atoms with Crippen LogP contribution in [0, 0.1) is 6.92 Å². The maximum absolute atomic E-state index is 11.2. The average molecular weight is 225 g/mol. The van der Waals surface area contributed by atoms with Gasteiger partial charge in [0.15, 0.2) is 5.75 Å². The Morgan fingerprint density at radius 3 is 2.94 bits per heavy atom. The van der Waals surface area contributed by atoms with Crippen molar-refractivity contribution in [1.29, 1.82) is 0 Å². The second kappa shape index (κ2) is 4.27. The maximum atomic E-state index is 11.2. The van der Waals surface area contributed by atoms with Crippen LogP contribution >= 0.6 is 0 Å². The van der Waals surface area contributed by atoms with Crippen LogP contribution in [0.15, 0.2) is 17.1 Å². The number of aromatic nitrogens is 1. The molecule has 2 heterocycles. The van der Waals surface area contributed by atoms with E-state index in [9.17, 15) is 9.90 Å². The standard InChI is InChI=1S/C11H15NO4/c1-7-11(15)9(14)4-5-12(7)10-3-2-8(6-13)16-10/h4-5,8,10,13,15H,2-3,6H2,1H3/t8-,10-/m1/s1. The van der Waals surface area contributed by atoms with Crippen molar-refractivity contribution in [3.63, 3.8) is 0 Å². The Labute approximate surface area is 92.9 Å². The SMILES string of the molecule is Cc1c(O)c(=O)ccn1[C@H]1CC[C@H](CO)O1. The van der Waals surface area contributed by atoms with Crippen LogP contribution in [0.5, 0.6) is 5.75 Å². The fourth-order valence-corrected chi connectivity index (χ4v) is 1.98. The largest absolute Gasteiger partial charge is 0.503 e. The zero-order chi connectivity index (χ0) is 11.7. The molecular weight excluding hydrogens is 210 g/mol. The van der Waals surface area contributed by atoms with E-state index in [4.69, 9.17) is 9.84 Å². The van der Waals surface area contributed by atoms with Crippen LogP contribution < -0.4 is 5.43 Å². The van der Waals surface area contributed by atoms with E-state index in [1.54, 1.807) is 17.7 Å². The molecule has 5 heteroatoms. The zero-order valence-electron chi connectivity index (χ0n) is 9.09. The molecule has 0 saturated carbocycles. The normalized spacial score (nSPS) is 24.9. The first-order valence-corrected chi connectivity index (χ1v) is 5.30. The number of aromatic hydroxyl groups is 1. The van der Waals surface area contributed by atoms with Crippen molar-refractivity contribution in [3.05, 3.63) is 28.2 Å². The number of aliphatic hydroxyl groups excluding tert-OH is 1. The number of aliphatic hydroxyl groups is 1. The van der Waals surface area contributed by atoms with Crippen molar-refractivity contribution in [3.8, 4) is 5.75 Å². The smallest absolute Gasteiger partial charge is 0.223 e. The fraction of sp³-hybridized carbons (Fsp3) is 0.545. The zero-order valence-corrected chi connectivity index (χ0v) is 9.09. The molecule has 88 valence electrons. The third kappa shape index (κ3) is 1.83. The summed E-state index contributed by atoms with van der Waals surface area (Å²) in [4.78, 5) is 11.2. The van der Waals surface area contributed by atoms with E-state index < -0.39 is 0 Å². The molecular formula is C11H15NO4. The van der Waals surface area contributed by atoms with Gasteiger partial charge in [-0.3, -0.25) is 4.79 Å². The molecule has 1 saturated heterocycles. The van der Waals surface area contributed by atoms with Crippen LogP contribution in [-0.4, -0.2) is 27.5 Å². The summed E-state index contributed by atoms with van der Waals surface area (Å²) in [6.07, 6.45) is 2.82. The van der Waals surface area contributed by atoms with E-state index in [0.717, 1.165) is 12.8 Å². The Balaban J connectivity index is 2.29. The van der Waals surface area contributed by atoms with Gasteiger partial charge in [0.2, 0.25) is 5.43 Å². The molecule has 1 aliphatic rings. The van der Waals surface area contributed by atoms with E-state index in [0.29, 0.717) is 5.69 Å². The average Bonchev–Trinajstić information content (AvgIpc) is 2.74. The van der Waals surface area contributed by atoms with E-state index in [1.807, 2.05) is 0 Å². The van der Waals surface area contributed by atoms with Gasteiger partial charge in [0.05, 0.1) is 18.4 Å². The monoisotopic (exact) mass is 225 g/mol. The third-order valence-electron chi connectivity index (χ3n) is 2.95. The van der Waals surface area contributed by atoms with Gasteiger partial charge < -0.3 is 19.5 Å². The lowest BCUT2D eigenvalue weighted by Crippen LogP contribution is -2.17. The van der Waals surface area contributed by atoms with Gasteiger partial charge in [0.1, 0.15) is 6.23 Å². The van der Waals surface area contributed by atoms with Crippen LogP contribution in [0.1, 0.15) is 24.8 Å². The van der Waals surface area contributed by atoms with Crippen LogP contribution in [0.4, 0.5) is 0 Å². The van der Waals surface area contributed by atoms with Crippen LogP contribution in [0.25, 0.3) is 0 Å². The van der Waals surface area contributed by atoms with Crippen molar-refractivity contribution in [2.75, 3.05) is 6.61 Å². The summed E-state index contributed by atoms with van der Waals surface area (Å²) in [5, 5.41) is 18.5. The lowest BCUT2D eigenvalue weighted by molar-refractivity contribution is -0.0237. The van der Waals surface area contributed by atoms with Crippen LogP contribution in [-0.2, 0) is 4.74 Å². The molecule has 16 heavy (non-hydrogen) atoms. The summed E-state index contributed by atoms with van der Waals surface area (Å²) in [6, 6.07) is 1.32. The molecule has 0 spiro atoms. The molecule has 1 fully saturated rings. The second-order valence-corrected chi connectivity index (χ2v) is 3.99. The number of hydrogen-bond donors (Lipinski definition) is 2. The molecule has 0 aromatic carbocycles. The molecule has 1 aliphatic heterocycles. The Morgan fingerprint density at radius 1 is 1.56 bits per heavy atom. The minimum absolute atomic E-state index is 0.00172. The minimum atomic E-state index is -0.384. The summed E-state index contributed by atoms with van der Waals surface area (Å²) < 4.78 is 7.30.